The Kier molecular flexibility index (Phi) is 7.32. The molecule has 2 unspecified atom stereocenters. The van der Waals surface area contributed by atoms with E-state index in [1.807, 2.05) is 20.8 Å². The van der Waals surface area contributed by atoms with Gasteiger partial charge in [0.1, 0.15) is 6.04 Å². The molecule has 0 aromatic carbocycles. The predicted molar refractivity (Wildman–Crippen MR) is 74.5 cm³/mol. The second-order valence-electron chi connectivity index (χ2n) is 5.38. The fraction of sp³-hybridized carbons (Fsp3) is 0.833. The van der Waals surface area contributed by atoms with Gasteiger partial charge in [0, 0.05) is 25.3 Å². The van der Waals surface area contributed by atoms with Crippen LogP contribution in [0.2, 0.25) is 0 Å². The molecule has 0 aliphatic rings. The zero-order chi connectivity index (χ0) is 14.3. The lowest BCUT2D eigenvalue weighted by Crippen LogP contribution is -2.53. The molecule has 0 bridgehead atoms. The molecule has 0 heterocycles. The van der Waals surface area contributed by atoms with Crippen molar-refractivity contribution >= 4 is 24.4 Å². The highest BCUT2D eigenvalue weighted by molar-refractivity contribution is 7.80. The summed E-state index contributed by atoms with van der Waals surface area (Å²) in [6.07, 6.45) is 0.481. The van der Waals surface area contributed by atoms with E-state index >= 15 is 0 Å². The molecule has 2 amide bonds. The SMILES string of the molecule is CC(=O)NC(CS)C(=O)NC(CCO)C(C)(C)C. The number of carbonyl (C=O) groups excluding carboxylic acids is 2. The lowest BCUT2D eigenvalue weighted by Gasteiger charge is -2.32. The average molecular weight is 276 g/mol. The zero-order valence-electron chi connectivity index (χ0n) is 11.5. The second kappa shape index (κ2) is 7.63. The summed E-state index contributed by atoms with van der Waals surface area (Å²) in [5.41, 5.74) is -0.157. The van der Waals surface area contributed by atoms with Crippen LogP contribution in [-0.4, -0.2) is 41.4 Å². The summed E-state index contributed by atoms with van der Waals surface area (Å²) in [6, 6.07) is -0.791. The molecule has 0 rings (SSSR count). The van der Waals surface area contributed by atoms with Crippen LogP contribution in [0.1, 0.15) is 34.1 Å². The maximum Gasteiger partial charge on any atom is 0.243 e. The van der Waals surface area contributed by atoms with Gasteiger partial charge in [0.15, 0.2) is 0 Å². The van der Waals surface area contributed by atoms with Gasteiger partial charge in [-0.2, -0.15) is 12.6 Å². The van der Waals surface area contributed by atoms with Crippen LogP contribution in [0.25, 0.3) is 0 Å². The minimum atomic E-state index is -0.644. The monoisotopic (exact) mass is 276 g/mol. The lowest BCUT2D eigenvalue weighted by molar-refractivity contribution is -0.128. The molecule has 0 aromatic rings. The predicted octanol–water partition coefficient (Wildman–Crippen LogP) is 0.334. The third kappa shape index (κ3) is 6.26. The van der Waals surface area contributed by atoms with Gasteiger partial charge in [0.2, 0.25) is 11.8 Å². The summed E-state index contributed by atoms with van der Waals surface area (Å²) in [4.78, 5) is 22.9. The third-order valence-corrected chi connectivity index (χ3v) is 3.02. The Morgan fingerprint density at radius 1 is 1.28 bits per heavy atom. The maximum atomic E-state index is 12.0. The largest absolute Gasteiger partial charge is 0.396 e. The standard InChI is InChI=1S/C12H24N2O3S/c1-8(16)13-9(7-18)11(17)14-10(5-6-15)12(2,3)4/h9-10,15,18H,5-7H2,1-4H3,(H,13,16)(H,14,17). The Morgan fingerprint density at radius 2 is 1.83 bits per heavy atom. The van der Waals surface area contributed by atoms with Crippen LogP contribution in [0.4, 0.5) is 0 Å². The van der Waals surface area contributed by atoms with Gasteiger partial charge < -0.3 is 15.7 Å². The van der Waals surface area contributed by atoms with Gasteiger partial charge in [-0.05, 0) is 11.8 Å². The third-order valence-electron chi connectivity index (χ3n) is 2.66. The molecule has 0 aromatic heterocycles. The highest BCUT2D eigenvalue weighted by atomic mass is 32.1. The van der Waals surface area contributed by atoms with Crippen LogP contribution >= 0.6 is 12.6 Å². The first kappa shape index (κ1) is 17.2. The van der Waals surface area contributed by atoms with E-state index in [9.17, 15) is 9.59 Å². The van der Waals surface area contributed by atoms with Gasteiger partial charge >= 0.3 is 0 Å². The molecule has 0 aliphatic heterocycles. The van der Waals surface area contributed by atoms with Crippen molar-refractivity contribution in [1.29, 1.82) is 0 Å². The summed E-state index contributed by atoms with van der Waals surface area (Å²) in [6.45, 7) is 7.33. The van der Waals surface area contributed by atoms with Crippen molar-refractivity contribution in [3.05, 3.63) is 0 Å². The fourth-order valence-corrected chi connectivity index (χ4v) is 1.82. The quantitative estimate of drug-likeness (QED) is 0.528. The van der Waals surface area contributed by atoms with Crippen LogP contribution in [0, 0.1) is 5.41 Å². The number of amides is 2. The molecule has 3 N–H and O–H groups in total. The van der Waals surface area contributed by atoms with Gasteiger partial charge in [-0.3, -0.25) is 9.59 Å². The van der Waals surface area contributed by atoms with Crippen molar-refractivity contribution in [2.24, 2.45) is 5.41 Å². The topological polar surface area (TPSA) is 78.4 Å². The summed E-state index contributed by atoms with van der Waals surface area (Å²) in [5, 5.41) is 14.4. The van der Waals surface area contributed by atoms with E-state index in [0.717, 1.165) is 0 Å². The Labute approximate surface area is 114 Å². The van der Waals surface area contributed by atoms with Gasteiger partial charge in [0.25, 0.3) is 0 Å². The number of thiol groups is 1. The van der Waals surface area contributed by atoms with Gasteiger partial charge in [-0.15, -0.1) is 0 Å². The smallest absolute Gasteiger partial charge is 0.243 e. The van der Waals surface area contributed by atoms with Crippen molar-refractivity contribution in [2.75, 3.05) is 12.4 Å². The number of aliphatic hydroxyl groups excluding tert-OH is 1. The maximum absolute atomic E-state index is 12.0. The van der Waals surface area contributed by atoms with Crippen LogP contribution in [0.5, 0.6) is 0 Å². The molecule has 6 heteroatoms. The average Bonchev–Trinajstić information content (AvgIpc) is 2.23. The molecular weight excluding hydrogens is 252 g/mol. The molecule has 0 spiro atoms. The Hall–Kier alpha value is -0.750. The first-order valence-electron chi connectivity index (χ1n) is 6.01. The van der Waals surface area contributed by atoms with Gasteiger partial charge in [0.05, 0.1) is 0 Å². The van der Waals surface area contributed by atoms with Crippen LogP contribution in [0.3, 0.4) is 0 Å². The molecule has 5 nitrogen and oxygen atoms in total. The van der Waals surface area contributed by atoms with Crippen molar-refractivity contribution in [2.45, 2.75) is 46.2 Å². The van der Waals surface area contributed by atoms with E-state index in [0.29, 0.717) is 6.42 Å². The van der Waals surface area contributed by atoms with Crippen LogP contribution in [0.15, 0.2) is 0 Å². The van der Waals surface area contributed by atoms with E-state index in [1.54, 1.807) is 0 Å². The Bertz CT molecular complexity index is 290. The van der Waals surface area contributed by atoms with E-state index in [-0.39, 0.29) is 35.6 Å². The van der Waals surface area contributed by atoms with Crippen molar-refractivity contribution < 1.29 is 14.7 Å². The highest BCUT2D eigenvalue weighted by Gasteiger charge is 2.28. The molecule has 18 heavy (non-hydrogen) atoms. The van der Waals surface area contributed by atoms with Gasteiger partial charge in [-0.1, -0.05) is 20.8 Å². The molecule has 0 saturated carbocycles. The number of hydrogen-bond acceptors (Lipinski definition) is 4. The van der Waals surface area contributed by atoms with E-state index in [2.05, 4.69) is 23.3 Å². The molecule has 0 radical (unpaired) electrons. The van der Waals surface area contributed by atoms with E-state index in [1.165, 1.54) is 6.92 Å². The summed E-state index contributed by atoms with van der Waals surface area (Å²) in [7, 11) is 0. The van der Waals surface area contributed by atoms with Crippen molar-refractivity contribution in [3.8, 4) is 0 Å². The minimum Gasteiger partial charge on any atom is -0.396 e. The number of aliphatic hydroxyl groups is 1. The first-order chi connectivity index (χ1) is 8.22. The molecule has 106 valence electrons. The second-order valence-corrected chi connectivity index (χ2v) is 5.74. The number of rotatable bonds is 6. The zero-order valence-corrected chi connectivity index (χ0v) is 12.4. The fourth-order valence-electron chi connectivity index (χ4n) is 1.56. The molecular formula is C12H24N2O3S. The minimum absolute atomic E-state index is 0.00783. The van der Waals surface area contributed by atoms with Gasteiger partial charge in [-0.25, -0.2) is 0 Å². The molecule has 0 saturated heterocycles. The first-order valence-corrected chi connectivity index (χ1v) is 6.64. The van der Waals surface area contributed by atoms with Crippen LogP contribution < -0.4 is 10.6 Å². The summed E-state index contributed by atoms with van der Waals surface area (Å²) in [5.74, 6) is -0.297. The van der Waals surface area contributed by atoms with Crippen LogP contribution in [-0.2, 0) is 9.59 Å². The molecule has 2 atom stereocenters. The normalized spacial score (nSPS) is 14.8. The molecule has 0 aliphatic carbocycles. The lowest BCUT2D eigenvalue weighted by atomic mass is 9.85. The number of nitrogens with one attached hydrogen (secondary N) is 2. The molecule has 0 fully saturated rings. The van der Waals surface area contributed by atoms with Crippen molar-refractivity contribution in [3.63, 3.8) is 0 Å². The highest BCUT2D eigenvalue weighted by Crippen LogP contribution is 2.21. The summed E-state index contributed by atoms with van der Waals surface area (Å²) < 4.78 is 0. The number of carbonyl (C=O) groups is 2. The Balaban J connectivity index is 4.61. The summed E-state index contributed by atoms with van der Waals surface area (Å²) >= 11 is 4.05. The Morgan fingerprint density at radius 3 is 2.17 bits per heavy atom. The van der Waals surface area contributed by atoms with Crippen molar-refractivity contribution in [1.82, 2.24) is 10.6 Å². The number of hydrogen-bond donors (Lipinski definition) is 4. The van der Waals surface area contributed by atoms with E-state index < -0.39 is 6.04 Å². The van der Waals surface area contributed by atoms with E-state index in [4.69, 9.17) is 5.11 Å².